The molecule has 2 heterocycles. The highest BCUT2D eigenvalue weighted by atomic mass is 19.1. The zero-order valence-corrected chi connectivity index (χ0v) is 14.6. The van der Waals surface area contributed by atoms with Crippen LogP contribution >= 0.6 is 0 Å². The van der Waals surface area contributed by atoms with Crippen LogP contribution in [0.15, 0.2) is 35.9 Å². The molecule has 24 heavy (non-hydrogen) atoms. The molecule has 2 fully saturated rings. The first-order chi connectivity index (χ1) is 11.5. The van der Waals surface area contributed by atoms with E-state index in [0.717, 1.165) is 19.3 Å². The van der Waals surface area contributed by atoms with E-state index >= 15 is 0 Å². The summed E-state index contributed by atoms with van der Waals surface area (Å²) < 4.78 is 13.7. The number of hydrogen-bond donors (Lipinski definition) is 2. The first kappa shape index (κ1) is 17.2. The summed E-state index contributed by atoms with van der Waals surface area (Å²) in [5.74, 6) is -0.0800. The predicted octanol–water partition coefficient (Wildman–Crippen LogP) is 3.35. The van der Waals surface area contributed by atoms with Gasteiger partial charge in [0.1, 0.15) is 5.82 Å². The minimum Gasteiger partial charge on any atom is -0.355 e. The molecule has 1 aromatic rings. The summed E-state index contributed by atoms with van der Waals surface area (Å²) >= 11 is 0. The van der Waals surface area contributed by atoms with Crippen LogP contribution in [0.1, 0.15) is 45.1 Å². The van der Waals surface area contributed by atoms with Crippen molar-refractivity contribution in [3.05, 3.63) is 47.3 Å². The van der Waals surface area contributed by atoms with Crippen LogP contribution in [0.5, 0.6) is 0 Å². The Bertz CT molecular complexity index is 638. The van der Waals surface area contributed by atoms with E-state index in [0.29, 0.717) is 24.6 Å². The number of allylic oxidation sites excluding steroid dienone is 2. The molecule has 0 spiro atoms. The highest BCUT2D eigenvalue weighted by molar-refractivity contribution is 5.84. The largest absolute Gasteiger partial charge is 0.355 e. The van der Waals surface area contributed by atoms with Crippen molar-refractivity contribution in [3.63, 3.8) is 0 Å². The summed E-state index contributed by atoms with van der Waals surface area (Å²) in [6.07, 6.45) is 6.64. The molecular weight excluding hydrogens is 303 g/mol. The lowest BCUT2D eigenvalue weighted by molar-refractivity contribution is -0.132. The average Bonchev–Trinajstić information content (AvgIpc) is 3.16. The number of amides is 1. The fourth-order valence-corrected chi connectivity index (χ4v) is 4.14. The van der Waals surface area contributed by atoms with E-state index in [-0.39, 0.29) is 23.2 Å². The second kappa shape index (κ2) is 7.06. The Morgan fingerprint density at radius 3 is 2.79 bits per heavy atom. The molecule has 3 nitrogen and oxygen atoms in total. The fourth-order valence-electron chi connectivity index (χ4n) is 4.14. The first-order valence-corrected chi connectivity index (χ1v) is 8.92. The molecule has 2 bridgehead atoms. The smallest absolute Gasteiger partial charge is 0.228 e. The van der Waals surface area contributed by atoms with Crippen molar-refractivity contribution in [1.29, 1.82) is 0 Å². The van der Waals surface area contributed by atoms with Gasteiger partial charge in [0.15, 0.2) is 0 Å². The van der Waals surface area contributed by atoms with E-state index in [9.17, 15) is 9.18 Å². The lowest BCUT2D eigenvalue weighted by Gasteiger charge is -2.34. The number of rotatable bonds is 6. The summed E-state index contributed by atoms with van der Waals surface area (Å²) in [5, 5.41) is 6.67. The number of carbonyl (C=O) groups excluding carboxylic acids is 1. The molecule has 2 saturated heterocycles. The first-order valence-electron chi connectivity index (χ1n) is 8.92. The molecule has 1 amide bonds. The van der Waals surface area contributed by atoms with Gasteiger partial charge in [0.25, 0.3) is 0 Å². The maximum atomic E-state index is 13.7. The van der Waals surface area contributed by atoms with Crippen LogP contribution in [-0.4, -0.2) is 24.5 Å². The van der Waals surface area contributed by atoms with Crippen molar-refractivity contribution in [2.45, 2.75) is 58.0 Å². The van der Waals surface area contributed by atoms with E-state index < -0.39 is 0 Å². The molecular formula is C20H27FN2O. The summed E-state index contributed by atoms with van der Waals surface area (Å²) in [4.78, 5) is 13.0. The zero-order chi connectivity index (χ0) is 17.2. The van der Waals surface area contributed by atoms with Crippen LogP contribution in [0, 0.1) is 11.2 Å². The molecule has 0 aliphatic carbocycles. The molecule has 0 unspecified atom stereocenters. The normalized spacial score (nSPS) is 28.0. The van der Waals surface area contributed by atoms with Gasteiger partial charge in [-0.2, -0.15) is 0 Å². The molecule has 2 N–H and O–H groups in total. The van der Waals surface area contributed by atoms with Gasteiger partial charge in [0.2, 0.25) is 5.91 Å². The van der Waals surface area contributed by atoms with Gasteiger partial charge in [-0.1, -0.05) is 29.8 Å². The number of fused-ring (bicyclic) bond motifs is 2. The maximum absolute atomic E-state index is 13.7. The highest BCUT2D eigenvalue weighted by Crippen LogP contribution is 2.46. The van der Waals surface area contributed by atoms with Gasteiger partial charge in [-0.3, -0.25) is 4.79 Å². The Morgan fingerprint density at radius 2 is 2.17 bits per heavy atom. The minimum absolute atomic E-state index is 0.121. The molecule has 2 aliphatic rings. The van der Waals surface area contributed by atoms with Crippen molar-refractivity contribution in [1.82, 2.24) is 10.6 Å². The molecule has 0 aromatic heterocycles. The van der Waals surface area contributed by atoms with Crippen molar-refractivity contribution in [2.75, 3.05) is 6.54 Å². The van der Waals surface area contributed by atoms with Crippen LogP contribution in [0.3, 0.4) is 0 Å². The quantitative estimate of drug-likeness (QED) is 0.786. The summed E-state index contributed by atoms with van der Waals surface area (Å²) in [6.45, 7) is 4.63. The third kappa shape index (κ3) is 3.39. The van der Waals surface area contributed by atoms with E-state index in [1.807, 2.05) is 6.07 Å². The average molecular weight is 330 g/mol. The van der Waals surface area contributed by atoms with Gasteiger partial charge >= 0.3 is 0 Å². The Labute approximate surface area is 143 Å². The second-order valence-electron chi connectivity index (χ2n) is 7.44. The predicted molar refractivity (Wildman–Crippen MR) is 94.2 cm³/mol. The van der Waals surface area contributed by atoms with Crippen molar-refractivity contribution < 1.29 is 9.18 Å². The molecule has 4 heteroatoms. The number of benzene rings is 1. The van der Waals surface area contributed by atoms with Crippen LogP contribution in [0.2, 0.25) is 0 Å². The third-order valence-corrected chi connectivity index (χ3v) is 5.48. The number of nitrogens with one attached hydrogen (secondary N) is 2. The molecule has 0 saturated carbocycles. The summed E-state index contributed by atoms with van der Waals surface area (Å²) in [6, 6.07) is 7.50. The maximum Gasteiger partial charge on any atom is 0.228 e. The summed E-state index contributed by atoms with van der Waals surface area (Å²) in [7, 11) is 0. The number of hydrogen-bond acceptors (Lipinski definition) is 2. The van der Waals surface area contributed by atoms with E-state index in [4.69, 9.17) is 0 Å². The summed E-state index contributed by atoms with van der Waals surface area (Å²) in [5.41, 5.74) is 1.56. The molecule has 3 atom stereocenters. The second-order valence-corrected chi connectivity index (χ2v) is 7.44. The Hall–Kier alpha value is -1.68. The number of carbonyl (C=O) groups is 1. The van der Waals surface area contributed by atoms with Gasteiger partial charge in [-0.15, -0.1) is 0 Å². The molecule has 1 aromatic carbocycles. The topological polar surface area (TPSA) is 41.1 Å². The highest BCUT2D eigenvalue weighted by Gasteiger charge is 2.54. The van der Waals surface area contributed by atoms with E-state index in [1.165, 1.54) is 18.1 Å². The SMILES string of the molecule is CC(C)=CC[C@@]1(C(=O)NCCc2ccccc2F)C[C@@H]2CC[C@H]1N2. The molecule has 2 aliphatic heterocycles. The van der Waals surface area contributed by atoms with Gasteiger partial charge in [-0.05, 0) is 57.6 Å². The Morgan fingerprint density at radius 1 is 1.38 bits per heavy atom. The van der Waals surface area contributed by atoms with Crippen molar-refractivity contribution in [2.24, 2.45) is 5.41 Å². The van der Waals surface area contributed by atoms with Crippen LogP contribution in [0.25, 0.3) is 0 Å². The molecule has 3 rings (SSSR count). The lowest BCUT2D eigenvalue weighted by Crippen LogP contribution is -2.48. The van der Waals surface area contributed by atoms with Gasteiger partial charge in [0, 0.05) is 18.6 Å². The standard InChI is InChI=1S/C20H27FN2O/c1-14(2)9-11-20(13-16-7-8-18(20)23-16)19(24)22-12-10-15-5-3-4-6-17(15)21/h3-6,9,16,18,23H,7-8,10-13H2,1-2H3,(H,22,24)/t16-,18+,20+/m0/s1. The van der Waals surface area contributed by atoms with E-state index in [2.05, 4.69) is 30.6 Å². The van der Waals surface area contributed by atoms with Gasteiger partial charge in [-0.25, -0.2) is 4.39 Å². The van der Waals surface area contributed by atoms with Gasteiger partial charge in [0.05, 0.1) is 5.41 Å². The van der Waals surface area contributed by atoms with Crippen LogP contribution in [-0.2, 0) is 11.2 Å². The van der Waals surface area contributed by atoms with E-state index in [1.54, 1.807) is 12.1 Å². The van der Waals surface area contributed by atoms with Crippen molar-refractivity contribution >= 4 is 5.91 Å². The monoisotopic (exact) mass is 330 g/mol. The van der Waals surface area contributed by atoms with Crippen LogP contribution in [0.4, 0.5) is 4.39 Å². The van der Waals surface area contributed by atoms with Crippen molar-refractivity contribution in [3.8, 4) is 0 Å². The molecule has 130 valence electrons. The fraction of sp³-hybridized carbons (Fsp3) is 0.550. The molecule has 0 radical (unpaired) electrons. The zero-order valence-electron chi connectivity index (χ0n) is 14.6. The Kier molecular flexibility index (Phi) is 5.04. The van der Waals surface area contributed by atoms with Crippen LogP contribution < -0.4 is 10.6 Å². The number of halogens is 1. The Balaban J connectivity index is 1.64. The lowest BCUT2D eigenvalue weighted by atomic mass is 9.70. The third-order valence-electron chi connectivity index (χ3n) is 5.48. The minimum atomic E-state index is -0.338. The van der Waals surface area contributed by atoms with Gasteiger partial charge < -0.3 is 10.6 Å².